The highest BCUT2D eigenvalue weighted by molar-refractivity contribution is 5.90. The van der Waals surface area contributed by atoms with Gasteiger partial charge in [-0.3, -0.25) is 9.20 Å². The van der Waals surface area contributed by atoms with Crippen LogP contribution in [-0.2, 0) is 6.54 Å². The second-order valence-corrected chi connectivity index (χ2v) is 10.00. The number of piperidine rings is 1. The van der Waals surface area contributed by atoms with Crippen LogP contribution in [0.3, 0.4) is 0 Å². The molecule has 3 aromatic heterocycles. The molecule has 0 bridgehead atoms. The number of benzene rings is 1. The van der Waals surface area contributed by atoms with Gasteiger partial charge >= 0.3 is 12.2 Å². The number of rotatable bonds is 8. The van der Waals surface area contributed by atoms with Crippen LogP contribution in [0, 0.1) is 0 Å². The first-order valence-corrected chi connectivity index (χ1v) is 13.4. The molecule has 0 radical (unpaired) electrons. The summed E-state index contributed by atoms with van der Waals surface area (Å²) >= 11 is 0. The monoisotopic (exact) mass is 588 g/mol. The first-order chi connectivity index (χ1) is 19.2. The number of carbonyl (C=O) groups is 1. The molecule has 0 unspecified atom stereocenters. The van der Waals surface area contributed by atoms with Gasteiger partial charge in [-0.15, -0.1) is 12.4 Å². The molecule has 0 aliphatic carbocycles. The normalized spacial score (nSPS) is 14.0. The van der Waals surface area contributed by atoms with Crippen LogP contribution in [0.1, 0.15) is 25.7 Å². The van der Waals surface area contributed by atoms with E-state index in [4.69, 9.17) is 0 Å². The van der Waals surface area contributed by atoms with Crippen LogP contribution in [0.2, 0.25) is 0 Å². The number of pyridine rings is 2. The lowest BCUT2D eigenvalue weighted by atomic mass is 10.1. The number of halogens is 4. The zero-order valence-corrected chi connectivity index (χ0v) is 23.2. The summed E-state index contributed by atoms with van der Waals surface area (Å²) in [6.45, 7) is 2.52. The van der Waals surface area contributed by atoms with Crippen molar-refractivity contribution in [2.75, 3.05) is 31.5 Å². The van der Waals surface area contributed by atoms with Crippen LogP contribution in [0.15, 0.2) is 71.9 Å². The van der Waals surface area contributed by atoms with E-state index >= 15 is 0 Å². The van der Waals surface area contributed by atoms with E-state index in [1.807, 2.05) is 41.1 Å². The zero-order valence-electron chi connectivity index (χ0n) is 22.4. The van der Waals surface area contributed by atoms with Gasteiger partial charge in [0.05, 0.1) is 11.9 Å². The Morgan fingerprint density at radius 2 is 1.76 bits per heavy atom. The molecule has 1 aromatic carbocycles. The summed E-state index contributed by atoms with van der Waals surface area (Å²) in [4.78, 5) is 31.3. The average Bonchev–Trinajstić information content (AvgIpc) is 3.37. The Kier molecular flexibility index (Phi) is 9.72. The Morgan fingerprint density at radius 3 is 2.54 bits per heavy atom. The lowest BCUT2D eigenvalue weighted by molar-refractivity contribution is -0.122. The van der Waals surface area contributed by atoms with Gasteiger partial charge in [-0.1, -0.05) is 18.6 Å². The molecule has 0 atom stereocenters. The van der Waals surface area contributed by atoms with Crippen LogP contribution in [-0.4, -0.2) is 57.2 Å². The van der Waals surface area contributed by atoms with Gasteiger partial charge in [-0.05, 0) is 80.4 Å². The first-order valence-electron chi connectivity index (χ1n) is 13.4. The summed E-state index contributed by atoms with van der Waals surface area (Å²) in [6.07, 6.45) is 5.71. The summed E-state index contributed by atoms with van der Waals surface area (Å²) in [5.41, 5.74) is 4.35. The van der Waals surface area contributed by atoms with Crippen molar-refractivity contribution in [3.63, 3.8) is 0 Å². The maximum absolute atomic E-state index is 12.5. The number of urea groups is 1. The number of anilines is 1. The molecule has 5 rings (SSSR count). The Bertz CT molecular complexity index is 1550. The number of nitrogens with one attached hydrogen (secondary N) is 2. The molecular formula is C29H32ClF3N6O2. The Balaban J connectivity index is 0.00000387. The zero-order chi connectivity index (χ0) is 28.1. The van der Waals surface area contributed by atoms with Crippen LogP contribution < -0.4 is 16.2 Å². The van der Waals surface area contributed by atoms with E-state index in [2.05, 4.69) is 15.2 Å². The molecular weight excluding hydrogens is 557 g/mol. The minimum Gasteiger partial charge on any atom is -0.329 e. The molecule has 2 N–H and O–H groups in total. The van der Waals surface area contributed by atoms with Crippen molar-refractivity contribution in [3.05, 3.63) is 77.5 Å². The molecule has 4 aromatic rings. The number of imidazole rings is 1. The minimum absolute atomic E-state index is 0. The first kappa shape index (κ1) is 30.1. The summed E-state index contributed by atoms with van der Waals surface area (Å²) in [5, 5.41) is 4.22. The fourth-order valence-corrected chi connectivity index (χ4v) is 5.01. The van der Waals surface area contributed by atoms with Gasteiger partial charge in [0.15, 0.2) is 0 Å². The van der Waals surface area contributed by atoms with Crippen LogP contribution in [0.5, 0.6) is 0 Å². The van der Waals surface area contributed by atoms with Gasteiger partial charge in [0.2, 0.25) is 0 Å². The van der Waals surface area contributed by atoms with Crippen molar-refractivity contribution in [3.8, 4) is 22.4 Å². The summed E-state index contributed by atoms with van der Waals surface area (Å²) in [5.74, 6) is 0. The minimum atomic E-state index is -4.49. The number of hydrogen-bond donors (Lipinski definition) is 2. The lowest BCUT2D eigenvalue weighted by Crippen LogP contribution is -2.36. The van der Waals surface area contributed by atoms with Gasteiger partial charge in [-0.25, -0.2) is 9.78 Å². The summed E-state index contributed by atoms with van der Waals surface area (Å²) in [6, 6.07) is 13.2. The van der Waals surface area contributed by atoms with E-state index in [1.54, 1.807) is 40.3 Å². The van der Waals surface area contributed by atoms with E-state index in [1.165, 1.54) is 19.3 Å². The second-order valence-electron chi connectivity index (χ2n) is 10.00. The molecule has 0 saturated carbocycles. The van der Waals surface area contributed by atoms with E-state index in [9.17, 15) is 22.8 Å². The van der Waals surface area contributed by atoms with Gasteiger partial charge in [-0.2, -0.15) is 13.2 Å². The highest BCUT2D eigenvalue weighted by Gasteiger charge is 2.27. The summed E-state index contributed by atoms with van der Waals surface area (Å²) < 4.78 is 40.8. The van der Waals surface area contributed by atoms with Crippen LogP contribution in [0.25, 0.3) is 28.0 Å². The number of nitrogens with zero attached hydrogens (tertiary/aromatic N) is 4. The molecule has 1 fully saturated rings. The molecule has 12 heteroatoms. The van der Waals surface area contributed by atoms with Crippen molar-refractivity contribution in [2.45, 2.75) is 38.4 Å². The van der Waals surface area contributed by atoms with Crippen molar-refractivity contribution in [1.29, 1.82) is 0 Å². The lowest BCUT2D eigenvalue weighted by Gasteiger charge is -2.26. The van der Waals surface area contributed by atoms with E-state index < -0.39 is 18.8 Å². The highest BCUT2D eigenvalue weighted by Crippen LogP contribution is 2.27. The van der Waals surface area contributed by atoms with Crippen LogP contribution >= 0.6 is 12.4 Å². The van der Waals surface area contributed by atoms with Gasteiger partial charge in [0.1, 0.15) is 12.2 Å². The fourth-order valence-electron chi connectivity index (χ4n) is 5.01. The molecule has 1 aliphatic heterocycles. The molecule has 0 spiro atoms. The van der Waals surface area contributed by atoms with Crippen LogP contribution in [0.4, 0.5) is 23.7 Å². The predicted octanol–water partition coefficient (Wildman–Crippen LogP) is 5.81. The molecule has 8 nitrogen and oxygen atoms in total. The van der Waals surface area contributed by atoms with Gasteiger partial charge in [0, 0.05) is 36.3 Å². The maximum atomic E-state index is 12.5. The number of aromatic nitrogens is 3. The third-order valence-electron chi connectivity index (χ3n) is 7.02. The Morgan fingerprint density at radius 1 is 0.951 bits per heavy atom. The standard InChI is InChI=1S/C29H31F3N6O2.ClH/c30-29(31,32)20-34-28(40)35-24-7-4-6-22(16-24)25-18-33-26-17-21(10-15-38(25)26)23-8-9-27(39)37(19-23)14-5-13-36-11-2-1-3-12-36;/h4,6-10,15-19H,1-3,5,11-14,20H2,(H2,34,35,40);1H. The number of carbonyl (C=O) groups excluding carboxylic acids is 1. The third-order valence-corrected chi connectivity index (χ3v) is 7.02. The second kappa shape index (κ2) is 13.2. The Hall–Kier alpha value is -3.83. The average molecular weight is 589 g/mol. The Labute approximate surface area is 241 Å². The molecule has 218 valence electrons. The number of fused-ring (bicyclic) bond motifs is 1. The van der Waals surface area contributed by atoms with Gasteiger partial charge in [0.25, 0.3) is 5.56 Å². The smallest absolute Gasteiger partial charge is 0.329 e. The van der Waals surface area contributed by atoms with E-state index in [0.29, 0.717) is 17.9 Å². The predicted molar refractivity (Wildman–Crippen MR) is 156 cm³/mol. The molecule has 2 amide bonds. The molecule has 1 saturated heterocycles. The number of hydrogen-bond acceptors (Lipinski definition) is 4. The van der Waals surface area contributed by atoms with Crippen molar-refractivity contribution >= 4 is 29.8 Å². The van der Waals surface area contributed by atoms with E-state index in [0.717, 1.165) is 48.4 Å². The molecule has 4 heterocycles. The number of alkyl halides is 3. The van der Waals surface area contributed by atoms with Gasteiger partial charge < -0.3 is 20.1 Å². The molecule has 1 aliphatic rings. The summed E-state index contributed by atoms with van der Waals surface area (Å²) in [7, 11) is 0. The number of aryl methyl sites for hydroxylation is 1. The number of likely N-dealkylation sites (tertiary alicyclic amines) is 1. The fraction of sp³-hybridized carbons (Fsp3) is 0.345. The van der Waals surface area contributed by atoms with Crippen molar-refractivity contribution in [1.82, 2.24) is 24.2 Å². The van der Waals surface area contributed by atoms with Crippen molar-refractivity contribution in [2.24, 2.45) is 0 Å². The van der Waals surface area contributed by atoms with Crippen molar-refractivity contribution < 1.29 is 18.0 Å². The SMILES string of the molecule is Cl.O=C(NCC(F)(F)F)Nc1cccc(-c2cnc3cc(-c4ccc(=O)n(CCCN5CCCCC5)c4)ccn23)c1. The largest absolute Gasteiger partial charge is 0.405 e. The third kappa shape index (κ3) is 7.89. The molecule has 41 heavy (non-hydrogen) atoms. The quantitative estimate of drug-likeness (QED) is 0.272. The number of amides is 2. The topological polar surface area (TPSA) is 83.7 Å². The van der Waals surface area contributed by atoms with E-state index in [-0.39, 0.29) is 18.0 Å². The highest BCUT2D eigenvalue weighted by atomic mass is 35.5. The maximum Gasteiger partial charge on any atom is 0.405 e.